The standard InChI is InChI=1S/C12H12BrN3O/c1-8(9-2-4-15-5-3-9)17-11-6-10(13)7-16-12(11)14/h2-8H,1H3,(H2,14,16)/t8-/m1/s1. The van der Waals surface area contributed by atoms with Crippen molar-refractivity contribution in [3.63, 3.8) is 0 Å². The van der Waals surface area contributed by atoms with Crippen molar-refractivity contribution >= 4 is 21.7 Å². The molecule has 2 aromatic rings. The van der Waals surface area contributed by atoms with E-state index < -0.39 is 0 Å². The molecule has 0 aliphatic rings. The molecule has 5 heteroatoms. The van der Waals surface area contributed by atoms with Gasteiger partial charge >= 0.3 is 0 Å². The zero-order chi connectivity index (χ0) is 12.3. The van der Waals surface area contributed by atoms with Gasteiger partial charge in [0.15, 0.2) is 11.6 Å². The quantitative estimate of drug-likeness (QED) is 0.945. The Morgan fingerprint density at radius 1 is 1.35 bits per heavy atom. The third-order valence-corrected chi connectivity index (χ3v) is 2.76. The van der Waals surface area contributed by atoms with E-state index in [1.807, 2.05) is 19.1 Å². The largest absolute Gasteiger partial charge is 0.482 e. The maximum atomic E-state index is 5.77. The highest BCUT2D eigenvalue weighted by molar-refractivity contribution is 9.10. The summed E-state index contributed by atoms with van der Waals surface area (Å²) in [4.78, 5) is 7.99. The summed E-state index contributed by atoms with van der Waals surface area (Å²) in [6, 6.07) is 5.62. The fraction of sp³-hybridized carbons (Fsp3) is 0.167. The topological polar surface area (TPSA) is 61.0 Å². The Bertz CT molecular complexity index is 504. The Hall–Kier alpha value is -1.62. The number of rotatable bonds is 3. The minimum absolute atomic E-state index is 0.101. The minimum Gasteiger partial charge on any atom is -0.482 e. The Labute approximate surface area is 108 Å². The lowest BCUT2D eigenvalue weighted by molar-refractivity contribution is 0.227. The summed E-state index contributed by atoms with van der Waals surface area (Å²) < 4.78 is 6.60. The highest BCUT2D eigenvalue weighted by Gasteiger charge is 2.10. The molecule has 2 N–H and O–H groups in total. The molecule has 0 aliphatic heterocycles. The van der Waals surface area contributed by atoms with E-state index in [4.69, 9.17) is 10.5 Å². The van der Waals surface area contributed by atoms with Crippen molar-refractivity contribution in [2.75, 3.05) is 5.73 Å². The zero-order valence-corrected chi connectivity index (χ0v) is 10.9. The average molecular weight is 294 g/mol. The van der Waals surface area contributed by atoms with Crippen LogP contribution in [0, 0.1) is 0 Å². The van der Waals surface area contributed by atoms with Crippen molar-refractivity contribution < 1.29 is 4.74 Å². The molecule has 1 atom stereocenters. The van der Waals surface area contributed by atoms with Crippen molar-refractivity contribution in [2.45, 2.75) is 13.0 Å². The molecule has 0 saturated carbocycles. The number of hydrogen-bond donors (Lipinski definition) is 1. The van der Waals surface area contributed by atoms with Crippen LogP contribution in [0.2, 0.25) is 0 Å². The van der Waals surface area contributed by atoms with E-state index in [1.165, 1.54) is 0 Å². The first-order valence-corrected chi connectivity index (χ1v) is 5.93. The van der Waals surface area contributed by atoms with Crippen molar-refractivity contribution in [2.24, 2.45) is 0 Å². The van der Waals surface area contributed by atoms with Crippen LogP contribution in [0.15, 0.2) is 41.3 Å². The molecule has 0 saturated heterocycles. The van der Waals surface area contributed by atoms with Crippen LogP contribution in [0.4, 0.5) is 5.82 Å². The summed E-state index contributed by atoms with van der Waals surface area (Å²) in [5.41, 5.74) is 6.79. The normalized spacial score (nSPS) is 12.1. The van der Waals surface area contributed by atoms with Crippen LogP contribution in [0.5, 0.6) is 5.75 Å². The average Bonchev–Trinajstić information content (AvgIpc) is 2.35. The maximum absolute atomic E-state index is 5.77. The van der Waals surface area contributed by atoms with E-state index in [-0.39, 0.29) is 6.10 Å². The molecular weight excluding hydrogens is 282 g/mol. The van der Waals surface area contributed by atoms with Gasteiger partial charge in [-0.05, 0) is 46.6 Å². The lowest BCUT2D eigenvalue weighted by atomic mass is 10.2. The van der Waals surface area contributed by atoms with Gasteiger partial charge < -0.3 is 10.5 Å². The van der Waals surface area contributed by atoms with Gasteiger partial charge in [-0.3, -0.25) is 4.98 Å². The van der Waals surface area contributed by atoms with Gasteiger partial charge in [-0.15, -0.1) is 0 Å². The molecule has 0 aromatic carbocycles. The predicted octanol–water partition coefficient (Wildman–Crippen LogP) is 2.96. The van der Waals surface area contributed by atoms with Gasteiger partial charge in [0.25, 0.3) is 0 Å². The summed E-state index contributed by atoms with van der Waals surface area (Å²) in [5, 5.41) is 0. The van der Waals surface area contributed by atoms with E-state index in [2.05, 4.69) is 25.9 Å². The van der Waals surface area contributed by atoms with Crippen molar-refractivity contribution in [1.82, 2.24) is 9.97 Å². The molecule has 0 aliphatic carbocycles. The number of nitrogens with two attached hydrogens (primary N) is 1. The minimum atomic E-state index is -0.101. The van der Waals surface area contributed by atoms with Gasteiger partial charge in [-0.25, -0.2) is 4.98 Å². The summed E-state index contributed by atoms with van der Waals surface area (Å²) >= 11 is 3.33. The molecule has 0 bridgehead atoms. The van der Waals surface area contributed by atoms with Crippen LogP contribution in [-0.4, -0.2) is 9.97 Å². The summed E-state index contributed by atoms with van der Waals surface area (Å²) in [5.74, 6) is 0.956. The van der Waals surface area contributed by atoms with Gasteiger partial charge in [0.2, 0.25) is 0 Å². The van der Waals surface area contributed by atoms with Crippen LogP contribution >= 0.6 is 15.9 Å². The molecule has 4 nitrogen and oxygen atoms in total. The van der Waals surface area contributed by atoms with Gasteiger partial charge in [-0.1, -0.05) is 0 Å². The number of nitrogens with zero attached hydrogens (tertiary/aromatic N) is 2. The Balaban J connectivity index is 2.18. The van der Waals surface area contributed by atoms with Crippen LogP contribution in [0.3, 0.4) is 0 Å². The van der Waals surface area contributed by atoms with E-state index in [1.54, 1.807) is 24.7 Å². The Morgan fingerprint density at radius 3 is 2.76 bits per heavy atom. The molecule has 0 unspecified atom stereocenters. The highest BCUT2D eigenvalue weighted by Crippen LogP contribution is 2.27. The maximum Gasteiger partial charge on any atom is 0.166 e. The van der Waals surface area contributed by atoms with Gasteiger partial charge in [0, 0.05) is 23.1 Å². The van der Waals surface area contributed by atoms with Crippen LogP contribution in [-0.2, 0) is 0 Å². The van der Waals surface area contributed by atoms with E-state index in [9.17, 15) is 0 Å². The highest BCUT2D eigenvalue weighted by atomic mass is 79.9. The second-order valence-electron chi connectivity index (χ2n) is 3.58. The van der Waals surface area contributed by atoms with Gasteiger partial charge in [0.05, 0.1) is 0 Å². The molecule has 88 valence electrons. The third kappa shape index (κ3) is 2.94. The lowest BCUT2D eigenvalue weighted by Crippen LogP contribution is -2.05. The molecule has 0 amide bonds. The fourth-order valence-corrected chi connectivity index (χ4v) is 1.73. The molecule has 2 aromatic heterocycles. The van der Waals surface area contributed by atoms with E-state index >= 15 is 0 Å². The summed E-state index contributed by atoms with van der Waals surface area (Å²) in [6.45, 7) is 1.95. The summed E-state index contributed by atoms with van der Waals surface area (Å²) in [6.07, 6.45) is 5.01. The molecule has 2 heterocycles. The Kier molecular flexibility index (Phi) is 3.58. The third-order valence-electron chi connectivity index (χ3n) is 2.33. The van der Waals surface area contributed by atoms with Crippen LogP contribution in [0.1, 0.15) is 18.6 Å². The Morgan fingerprint density at radius 2 is 2.06 bits per heavy atom. The predicted molar refractivity (Wildman–Crippen MR) is 69.6 cm³/mol. The summed E-state index contributed by atoms with van der Waals surface area (Å²) in [7, 11) is 0. The van der Waals surface area contributed by atoms with E-state index in [0.29, 0.717) is 11.6 Å². The lowest BCUT2D eigenvalue weighted by Gasteiger charge is -2.15. The SMILES string of the molecule is C[C@@H](Oc1cc(Br)cnc1N)c1ccncc1. The number of anilines is 1. The monoisotopic (exact) mass is 293 g/mol. The fourth-order valence-electron chi connectivity index (χ4n) is 1.42. The van der Waals surface area contributed by atoms with Gasteiger partial charge in [-0.2, -0.15) is 0 Å². The van der Waals surface area contributed by atoms with Crippen molar-refractivity contribution in [1.29, 1.82) is 0 Å². The van der Waals surface area contributed by atoms with Gasteiger partial charge in [0.1, 0.15) is 6.10 Å². The number of halogens is 1. The van der Waals surface area contributed by atoms with Crippen LogP contribution < -0.4 is 10.5 Å². The number of ether oxygens (including phenoxy) is 1. The molecule has 0 fully saturated rings. The first kappa shape index (κ1) is 11.9. The second kappa shape index (κ2) is 5.14. The zero-order valence-electron chi connectivity index (χ0n) is 9.30. The van der Waals surface area contributed by atoms with Crippen molar-refractivity contribution in [3.05, 3.63) is 46.8 Å². The first-order chi connectivity index (χ1) is 8.16. The second-order valence-corrected chi connectivity index (χ2v) is 4.49. The molecule has 0 spiro atoms. The van der Waals surface area contributed by atoms with Crippen LogP contribution in [0.25, 0.3) is 0 Å². The molecule has 0 radical (unpaired) electrons. The number of hydrogen-bond acceptors (Lipinski definition) is 4. The van der Waals surface area contributed by atoms with E-state index in [0.717, 1.165) is 10.0 Å². The number of aromatic nitrogens is 2. The first-order valence-electron chi connectivity index (χ1n) is 5.14. The van der Waals surface area contributed by atoms with Crippen molar-refractivity contribution in [3.8, 4) is 5.75 Å². The number of pyridine rings is 2. The number of nitrogen functional groups attached to an aromatic ring is 1. The molecule has 17 heavy (non-hydrogen) atoms. The molecule has 2 rings (SSSR count). The molecular formula is C12H12BrN3O. The smallest absolute Gasteiger partial charge is 0.166 e.